The van der Waals surface area contributed by atoms with Crippen LogP contribution in [0.15, 0.2) is 41.8 Å². The number of carbonyl (C=O) groups is 3. The number of anilines is 1. The second-order valence-corrected chi connectivity index (χ2v) is 7.25. The molecule has 3 amide bonds. The van der Waals surface area contributed by atoms with Gasteiger partial charge in [-0.1, -0.05) is 18.2 Å². The molecule has 2 aromatic rings. The van der Waals surface area contributed by atoms with Crippen LogP contribution in [0, 0.1) is 0 Å². The summed E-state index contributed by atoms with van der Waals surface area (Å²) in [4.78, 5) is 39.2. The summed E-state index contributed by atoms with van der Waals surface area (Å²) in [6.07, 6.45) is 1.44. The molecule has 0 saturated carbocycles. The molecule has 0 radical (unpaired) electrons. The molecule has 0 aliphatic carbocycles. The lowest BCUT2D eigenvalue weighted by Crippen LogP contribution is -2.47. The summed E-state index contributed by atoms with van der Waals surface area (Å²) in [5.41, 5.74) is 1.09. The first-order valence-electron chi connectivity index (χ1n) is 8.53. The molecule has 1 aliphatic heterocycles. The van der Waals surface area contributed by atoms with Crippen LogP contribution < -0.4 is 10.6 Å². The molecule has 1 fully saturated rings. The van der Waals surface area contributed by atoms with Gasteiger partial charge in [0.1, 0.15) is 6.04 Å². The molecule has 1 atom stereocenters. The summed E-state index contributed by atoms with van der Waals surface area (Å²) < 4.78 is 0. The zero-order valence-electron chi connectivity index (χ0n) is 14.5. The first-order chi connectivity index (χ1) is 12.5. The number of hydrogen-bond acceptors (Lipinski definition) is 4. The first kappa shape index (κ1) is 18.1. The number of hydrogen-bond donors (Lipinski definition) is 2. The number of amides is 3. The van der Waals surface area contributed by atoms with Gasteiger partial charge < -0.3 is 15.5 Å². The second kappa shape index (κ2) is 8.14. The van der Waals surface area contributed by atoms with E-state index >= 15 is 0 Å². The Labute approximate surface area is 156 Å². The van der Waals surface area contributed by atoms with E-state index in [0.29, 0.717) is 30.8 Å². The molecule has 2 N–H and O–H groups in total. The largest absolute Gasteiger partial charge is 0.349 e. The SMILES string of the molecule is CC(=O)c1cccc(NC(=O)N2CCC[C@H]2C(=O)NCc2cccs2)c1. The van der Waals surface area contributed by atoms with Crippen molar-refractivity contribution in [2.24, 2.45) is 0 Å². The fourth-order valence-electron chi connectivity index (χ4n) is 3.00. The lowest BCUT2D eigenvalue weighted by atomic mass is 10.1. The van der Waals surface area contributed by atoms with Crippen LogP contribution in [-0.4, -0.2) is 35.2 Å². The van der Waals surface area contributed by atoms with Crippen LogP contribution in [0.3, 0.4) is 0 Å². The molecular formula is C19H21N3O3S. The van der Waals surface area contributed by atoms with Crippen LogP contribution in [0.25, 0.3) is 0 Å². The number of Topliss-reactive ketones (excluding diaryl/α,β-unsaturated/α-hetero) is 1. The van der Waals surface area contributed by atoms with Gasteiger partial charge in [0.15, 0.2) is 5.78 Å². The van der Waals surface area contributed by atoms with Gasteiger partial charge >= 0.3 is 6.03 Å². The predicted molar refractivity (Wildman–Crippen MR) is 101 cm³/mol. The summed E-state index contributed by atoms with van der Waals surface area (Å²) in [6.45, 7) is 2.49. The van der Waals surface area contributed by atoms with Crippen molar-refractivity contribution < 1.29 is 14.4 Å². The summed E-state index contributed by atoms with van der Waals surface area (Å²) in [5, 5.41) is 7.66. The highest BCUT2D eigenvalue weighted by Crippen LogP contribution is 2.20. The van der Waals surface area contributed by atoms with Crippen molar-refractivity contribution in [3.63, 3.8) is 0 Å². The van der Waals surface area contributed by atoms with E-state index in [9.17, 15) is 14.4 Å². The van der Waals surface area contributed by atoms with Gasteiger partial charge in [0.25, 0.3) is 0 Å². The number of benzene rings is 1. The fourth-order valence-corrected chi connectivity index (χ4v) is 3.64. The van der Waals surface area contributed by atoms with E-state index in [1.165, 1.54) is 6.92 Å². The maximum Gasteiger partial charge on any atom is 0.322 e. The third-order valence-electron chi connectivity index (χ3n) is 4.35. The highest BCUT2D eigenvalue weighted by Gasteiger charge is 2.34. The van der Waals surface area contributed by atoms with Gasteiger partial charge in [0.2, 0.25) is 5.91 Å². The highest BCUT2D eigenvalue weighted by molar-refractivity contribution is 7.09. The number of nitrogens with one attached hydrogen (secondary N) is 2. The zero-order valence-corrected chi connectivity index (χ0v) is 15.3. The average molecular weight is 371 g/mol. The minimum atomic E-state index is -0.467. The molecule has 26 heavy (non-hydrogen) atoms. The van der Waals surface area contributed by atoms with Gasteiger partial charge in [-0.3, -0.25) is 9.59 Å². The quantitative estimate of drug-likeness (QED) is 0.792. The van der Waals surface area contributed by atoms with Gasteiger partial charge in [0.05, 0.1) is 6.54 Å². The van der Waals surface area contributed by atoms with Crippen molar-refractivity contribution in [3.05, 3.63) is 52.2 Å². The Morgan fingerprint density at radius 1 is 1.23 bits per heavy atom. The van der Waals surface area contributed by atoms with E-state index in [4.69, 9.17) is 0 Å². The van der Waals surface area contributed by atoms with Crippen LogP contribution in [-0.2, 0) is 11.3 Å². The highest BCUT2D eigenvalue weighted by atomic mass is 32.1. The Morgan fingerprint density at radius 3 is 2.81 bits per heavy atom. The standard InChI is InChI=1S/C19H21N3O3S/c1-13(23)14-5-2-6-15(11-14)21-19(25)22-9-3-8-17(22)18(24)20-12-16-7-4-10-26-16/h2,4-7,10-11,17H,3,8-9,12H2,1H3,(H,20,24)(H,21,25)/t17-/m0/s1. The molecule has 1 aromatic heterocycles. The minimum Gasteiger partial charge on any atom is -0.349 e. The number of thiophene rings is 1. The number of ketones is 1. The van der Waals surface area contributed by atoms with Crippen molar-refractivity contribution in [3.8, 4) is 0 Å². The fraction of sp³-hybridized carbons (Fsp3) is 0.316. The number of likely N-dealkylation sites (tertiary alicyclic amines) is 1. The molecule has 1 aromatic carbocycles. The average Bonchev–Trinajstić information content (AvgIpc) is 3.31. The Kier molecular flexibility index (Phi) is 5.68. The molecule has 1 aliphatic rings. The molecule has 2 heterocycles. The van der Waals surface area contributed by atoms with Crippen molar-refractivity contribution in [1.29, 1.82) is 0 Å². The smallest absolute Gasteiger partial charge is 0.322 e. The molecule has 0 unspecified atom stereocenters. The summed E-state index contributed by atoms with van der Waals surface area (Å²) in [6, 6.07) is 9.92. The minimum absolute atomic E-state index is 0.0619. The van der Waals surface area contributed by atoms with Gasteiger partial charge in [-0.2, -0.15) is 0 Å². The second-order valence-electron chi connectivity index (χ2n) is 6.22. The lowest BCUT2D eigenvalue weighted by molar-refractivity contribution is -0.124. The number of rotatable bonds is 5. The van der Waals surface area contributed by atoms with Crippen molar-refractivity contribution in [2.45, 2.75) is 32.4 Å². The molecule has 0 bridgehead atoms. The van der Waals surface area contributed by atoms with Crippen LogP contribution in [0.4, 0.5) is 10.5 Å². The first-order valence-corrected chi connectivity index (χ1v) is 9.41. The molecular weight excluding hydrogens is 350 g/mol. The van der Waals surface area contributed by atoms with E-state index in [0.717, 1.165) is 11.3 Å². The molecule has 0 spiro atoms. The van der Waals surface area contributed by atoms with Crippen molar-refractivity contribution >= 4 is 34.7 Å². The lowest BCUT2D eigenvalue weighted by Gasteiger charge is -2.24. The molecule has 6 nitrogen and oxygen atoms in total. The van der Waals surface area contributed by atoms with E-state index in [2.05, 4.69) is 10.6 Å². The maximum absolute atomic E-state index is 12.6. The summed E-state index contributed by atoms with van der Waals surface area (Å²) in [7, 11) is 0. The Hall–Kier alpha value is -2.67. The summed E-state index contributed by atoms with van der Waals surface area (Å²) in [5.74, 6) is -0.198. The zero-order chi connectivity index (χ0) is 18.5. The van der Waals surface area contributed by atoms with Gasteiger partial charge in [-0.05, 0) is 43.3 Å². The van der Waals surface area contributed by atoms with Gasteiger partial charge in [-0.25, -0.2) is 4.79 Å². The summed E-state index contributed by atoms with van der Waals surface area (Å²) >= 11 is 1.58. The van der Waals surface area contributed by atoms with Gasteiger partial charge in [0, 0.05) is 22.7 Å². The molecule has 1 saturated heterocycles. The normalized spacial score (nSPS) is 16.3. The molecule has 7 heteroatoms. The topological polar surface area (TPSA) is 78.5 Å². The van der Waals surface area contributed by atoms with Crippen molar-refractivity contribution in [1.82, 2.24) is 10.2 Å². The van der Waals surface area contributed by atoms with E-state index in [-0.39, 0.29) is 17.7 Å². The van der Waals surface area contributed by atoms with E-state index < -0.39 is 6.04 Å². The number of nitrogens with zero attached hydrogens (tertiary/aromatic N) is 1. The van der Waals surface area contributed by atoms with Crippen LogP contribution >= 0.6 is 11.3 Å². The maximum atomic E-state index is 12.6. The predicted octanol–water partition coefficient (Wildman–Crippen LogP) is 3.26. The third-order valence-corrected chi connectivity index (χ3v) is 5.23. The van der Waals surface area contributed by atoms with Crippen LogP contribution in [0.2, 0.25) is 0 Å². The number of carbonyl (C=O) groups excluding carboxylic acids is 3. The molecule has 3 rings (SSSR count). The van der Waals surface area contributed by atoms with E-state index in [1.807, 2.05) is 17.5 Å². The van der Waals surface area contributed by atoms with Crippen molar-refractivity contribution in [2.75, 3.05) is 11.9 Å². The van der Waals surface area contributed by atoms with E-state index in [1.54, 1.807) is 40.5 Å². The monoisotopic (exact) mass is 371 g/mol. The third kappa shape index (κ3) is 4.29. The Morgan fingerprint density at radius 2 is 2.08 bits per heavy atom. The Balaban J connectivity index is 1.61. The van der Waals surface area contributed by atoms with Crippen LogP contribution in [0.1, 0.15) is 35.0 Å². The van der Waals surface area contributed by atoms with Crippen LogP contribution in [0.5, 0.6) is 0 Å². The Bertz CT molecular complexity index is 804. The molecule has 136 valence electrons. The van der Waals surface area contributed by atoms with Gasteiger partial charge in [-0.15, -0.1) is 11.3 Å². The number of urea groups is 1.